The molecule has 3 aromatic rings. The minimum Gasteiger partial charge on any atom is -0.455 e. The van der Waals surface area contributed by atoms with Gasteiger partial charge in [0.2, 0.25) is 5.95 Å². The number of amides is 1. The summed E-state index contributed by atoms with van der Waals surface area (Å²) in [7, 11) is 0. The molecule has 3 rings (SSSR count). The molecule has 0 unspecified atom stereocenters. The Hall–Kier alpha value is -3.42. The monoisotopic (exact) mass is 404 g/mol. The molecule has 2 aromatic carbocycles. The third-order valence-electron chi connectivity index (χ3n) is 4.05. The molecule has 0 spiro atoms. The molecule has 0 aliphatic heterocycles. The third kappa shape index (κ3) is 4.90. The van der Waals surface area contributed by atoms with E-state index in [1.807, 2.05) is 13.0 Å². The van der Waals surface area contributed by atoms with E-state index in [2.05, 4.69) is 10.3 Å². The summed E-state index contributed by atoms with van der Waals surface area (Å²) >= 11 is 0. The van der Waals surface area contributed by atoms with Gasteiger partial charge in [-0.3, -0.25) is 4.79 Å². The summed E-state index contributed by atoms with van der Waals surface area (Å²) in [5.74, 6) is -1.68. The number of hydrogen-bond acceptors (Lipinski definition) is 3. The topological polar surface area (TPSA) is 51.2 Å². The fourth-order valence-electron chi connectivity index (χ4n) is 2.64. The molecule has 1 aromatic heterocycles. The maximum Gasteiger partial charge on any atom is 0.416 e. The molecule has 0 fully saturated rings. The third-order valence-corrected chi connectivity index (χ3v) is 4.05. The maximum atomic E-state index is 13.2. The Bertz CT molecular complexity index is 1060. The Balaban J connectivity index is 2.00. The van der Waals surface area contributed by atoms with Crippen molar-refractivity contribution in [2.75, 3.05) is 5.32 Å². The number of benzene rings is 2. The van der Waals surface area contributed by atoms with Gasteiger partial charge in [-0.05, 0) is 61.9 Å². The number of hydrogen-bond donors (Lipinski definition) is 1. The predicted molar refractivity (Wildman–Crippen MR) is 99.6 cm³/mol. The van der Waals surface area contributed by atoms with Crippen molar-refractivity contribution < 1.29 is 27.1 Å². The molecule has 1 heterocycles. The highest BCUT2D eigenvalue weighted by molar-refractivity contribution is 6.06. The zero-order valence-corrected chi connectivity index (χ0v) is 15.5. The first-order valence-electron chi connectivity index (χ1n) is 8.54. The molecule has 8 heteroatoms. The van der Waals surface area contributed by atoms with Crippen molar-refractivity contribution in [1.82, 2.24) is 4.98 Å². The van der Waals surface area contributed by atoms with Crippen LogP contribution in [0.5, 0.6) is 11.5 Å². The highest BCUT2D eigenvalue weighted by Gasteiger charge is 2.32. The second-order valence-electron chi connectivity index (χ2n) is 6.35. The van der Waals surface area contributed by atoms with Crippen molar-refractivity contribution in [2.24, 2.45) is 0 Å². The zero-order valence-electron chi connectivity index (χ0n) is 15.5. The fraction of sp³-hybridized carbons (Fsp3) is 0.143. The summed E-state index contributed by atoms with van der Waals surface area (Å²) in [5, 5.41) is 2.63. The second kappa shape index (κ2) is 7.90. The Labute approximate surface area is 164 Å². The molecule has 1 N–H and O–H groups in total. The smallest absolute Gasteiger partial charge is 0.416 e. The Morgan fingerprint density at radius 1 is 1.00 bits per heavy atom. The minimum absolute atomic E-state index is 0.0373. The number of carbonyl (C=O) groups excluding carboxylic acids is 1. The van der Waals surface area contributed by atoms with Crippen LogP contribution >= 0.6 is 0 Å². The van der Waals surface area contributed by atoms with Gasteiger partial charge < -0.3 is 10.1 Å². The fourth-order valence-corrected chi connectivity index (χ4v) is 2.64. The second-order valence-corrected chi connectivity index (χ2v) is 6.35. The van der Waals surface area contributed by atoms with Gasteiger partial charge in [-0.25, -0.2) is 4.98 Å². The maximum absolute atomic E-state index is 13.2. The lowest BCUT2D eigenvalue weighted by Crippen LogP contribution is -2.14. The number of pyridine rings is 1. The molecule has 0 aliphatic carbocycles. The van der Waals surface area contributed by atoms with Gasteiger partial charge in [0.05, 0.1) is 16.8 Å². The number of rotatable bonds is 4. The lowest BCUT2D eigenvalue weighted by Gasteiger charge is -2.15. The summed E-state index contributed by atoms with van der Waals surface area (Å²) < 4.78 is 58.2. The van der Waals surface area contributed by atoms with Crippen molar-refractivity contribution in [3.05, 3.63) is 82.9 Å². The van der Waals surface area contributed by atoms with Crippen LogP contribution in [-0.2, 0) is 6.18 Å². The van der Waals surface area contributed by atoms with Crippen LogP contribution < -0.4 is 10.1 Å². The van der Waals surface area contributed by atoms with Crippen molar-refractivity contribution in [2.45, 2.75) is 20.0 Å². The lowest BCUT2D eigenvalue weighted by atomic mass is 10.1. The molecule has 1 amide bonds. The molecule has 0 radical (unpaired) electrons. The van der Waals surface area contributed by atoms with E-state index in [0.29, 0.717) is 5.69 Å². The average molecular weight is 404 g/mol. The van der Waals surface area contributed by atoms with Gasteiger partial charge in [-0.15, -0.1) is 0 Å². The highest BCUT2D eigenvalue weighted by atomic mass is 19.4. The molecule has 0 saturated heterocycles. The SMILES string of the molecule is Cc1cccc(NC(=O)c2ccc(C(F)(F)F)cc2Oc2ccc(F)nc2C)c1. The Kier molecular flexibility index (Phi) is 5.54. The van der Waals surface area contributed by atoms with E-state index in [1.165, 1.54) is 13.0 Å². The van der Waals surface area contributed by atoms with Crippen molar-refractivity contribution in [1.29, 1.82) is 0 Å². The van der Waals surface area contributed by atoms with Gasteiger partial charge in [0.15, 0.2) is 0 Å². The van der Waals surface area contributed by atoms with Gasteiger partial charge in [0.25, 0.3) is 5.91 Å². The van der Waals surface area contributed by atoms with Crippen LogP contribution in [0.25, 0.3) is 0 Å². The van der Waals surface area contributed by atoms with E-state index in [0.717, 1.165) is 29.8 Å². The number of nitrogens with zero attached hydrogens (tertiary/aromatic N) is 1. The van der Waals surface area contributed by atoms with E-state index < -0.39 is 23.6 Å². The van der Waals surface area contributed by atoms with E-state index in [1.54, 1.807) is 18.2 Å². The minimum atomic E-state index is -4.63. The van der Waals surface area contributed by atoms with E-state index >= 15 is 0 Å². The molecule has 0 atom stereocenters. The summed E-state index contributed by atoms with van der Waals surface area (Å²) in [4.78, 5) is 16.3. The first-order chi connectivity index (χ1) is 13.6. The zero-order chi connectivity index (χ0) is 21.2. The average Bonchev–Trinajstić information content (AvgIpc) is 2.63. The van der Waals surface area contributed by atoms with Crippen molar-refractivity contribution in [3.8, 4) is 11.5 Å². The van der Waals surface area contributed by atoms with Crippen molar-refractivity contribution >= 4 is 11.6 Å². The Morgan fingerprint density at radius 3 is 2.41 bits per heavy atom. The largest absolute Gasteiger partial charge is 0.455 e. The number of aromatic nitrogens is 1. The van der Waals surface area contributed by atoms with Crippen LogP contribution in [0.1, 0.15) is 27.2 Å². The molecule has 29 heavy (non-hydrogen) atoms. The van der Waals surface area contributed by atoms with Gasteiger partial charge in [-0.1, -0.05) is 12.1 Å². The molecule has 4 nitrogen and oxygen atoms in total. The van der Waals surface area contributed by atoms with Crippen LogP contribution in [-0.4, -0.2) is 10.9 Å². The molecule has 0 bridgehead atoms. The standard InChI is InChI=1S/C21H16F4N2O2/c1-12-4-3-5-15(10-12)27-20(28)16-7-6-14(21(23,24)25)11-18(16)29-17-8-9-19(22)26-13(17)2/h3-11H,1-2H3,(H,27,28). The summed E-state index contributed by atoms with van der Waals surface area (Å²) in [6.07, 6.45) is -4.63. The van der Waals surface area contributed by atoms with Gasteiger partial charge in [-0.2, -0.15) is 17.6 Å². The van der Waals surface area contributed by atoms with Crippen LogP contribution in [0.3, 0.4) is 0 Å². The predicted octanol–water partition coefficient (Wildman–Crippen LogP) is 5.90. The van der Waals surface area contributed by atoms with Gasteiger partial charge in [0.1, 0.15) is 11.5 Å². The summed E-state index contributed by atoms with van der Waals surface area (Å²) in [5.41, 5.74) is 0.434. The van der Waals surface area contributed by atoms with Gasteiger partial charge >= 0.3 is 6.18 Å². The highest BCUT2D eigenvalue weighted by Crippen LogP contribution is 2.35. The first kappa shape index (κ1) is 20.3. The molecular weight excluding hydrogens is 388 g/mol. The molecular formula is C21H16F4N2O2. The number of ether oxygens (including phenoxy) is 1. The molecule has 0 saturated carbocycles. The first-order valence-corrected chi connectivity index (χ1v) is 8.54. The Morgan fingerprint density at radius 2 is 1.76 bits per heavy atom. The van der Waals surface area contributed by atoms with Crippen LogP contribution in [0.4, 0.5) is 23.2 Å². The number of alkyl halides is 3. The van der Waals surface area contributed by atoms with E-state index in [9.17, 15) is 22.4 Å². The van der Waals surface area contributed by atoms with Crippen LogP contribution in [0.15, 0.2) is 54.6 Å². The number of anilines is 1. The number of aryl methyl sites for hydroxylation is 2. The quantitative estimate of drug-likeness (QED) is 0.435. The number of halogens is 4. The number of nitrogens with one attached hydrogen (secondary N) is 1. The molecule has 150 valence electrons. The van der Waals surface area contributed by atoms with E-state index in [-0.39, 0.29) is 22.8 Å². The van der Waals surface area contributed by atoms with Crippen LogP contribution in [0.2, 0.25) is 0 Å². The summed E-state index contributed by atoms with van der Waals surface area (Å²) in [6, 6.07) is 11.8. The van der Waals surface area contributed by atoms with Crippen LogP contribution in [0, 0.1) is 19.8 Å². The van der Waals surface area contributed by atoms with Crippen molar-refractivity contribution in [3.63, 3.8) is 0 Å². The number of carbonyl (C=O) groups is 1. The van der Waals surface area contributed by atoms with Gasteiger partial charge in [0, 0.05) is 5.69 Å². The molecule has 0 aliphatic rings. The normalized spacial score (nSPS) is 11.2. The summed E-state index contributed by atoms with van der Waals surface area (Å²) in [6.45, 7) is 3.28. The van der Waals surface area contributed by atoms with E-state index in [4.69, 9.17) is 4.74 Å². The lowest BCUT2D eigenvalue weighted by molar-refractivity contribution is -0.137.